The van der Waals surface area contributed by atoms with Crippen LogP contribution >= 0.6 is 11.3 Å². The van der Waals surface area contributed by atoms with E-state index in [-0.39, 0.29) is 11.5 Å². The molecule has 5 nitrogen and oxygen atoms in total. The predicted octanol–water partition coefficient (Wildman–Crippen LogP) is 4.31. The lowest BCUT2D eigenvalue weighted by molar-refractivity contribution is 0.103. The van der Waals surface area contributed by atoms with Gasteiger partial charge in [0.1, 0.15) is 5.69 Å². The molecule has 4 rings (SSSR count). The number of para-hydroxylation sites is 1. The molecule has 6 heteroatoms. The van der Waals surface area contributed by atoms with E-state index in [9.17, 15) is 9.59 Å². The molecular formula is C22H25N3O2S. The maximum Gasteiger partial charge on any atom is 0.295 e. The zero-order valence-electron chi connectivity index (χ0n) is 16.5. The summed E-state index contributed by atoms with van der Waals surface area (Å²) in [5.41, 5.74) is 2.94. The Labute approximate surface area is 168 Å². The van der Waals surface area contributed by atoms with Gasteiger partial charge in [0.05, 0.1) is 16.3 Å². The largest absolute Gasteiger partial charge is 0.315 e. The molecule has 1 N–H and O–H groups in total. The van der Waals surface area contributed by atoms with Crippen molar-refractivity contribution in [1.82, 2.24) is 9.36 Å². The number of fused-ring (bicyclic) bond motifs is 1. The van der Waals surface area contributed by atoms with Gasteiger partial charge in [-0.1, -0.05) is 31.5 Å². The Kier molecular flexibility index (Phi) is 4.98. The highest BCUT2D eigenvalue weighted by Gasteiger charge is 2.24. The maximum absolute atomic E-state index is 13.0. The molecule has 2 heterocycles. The molecule has 0 saturated heterocycles. The molecule has 146 valence electrons. The number of carbonyl (C=O) groups is 1. The number of hydrogen-bond acceptors (Lipinski definition) is 3. The van der Waals surface area contributed by atoms with Crippen LogP contribution in [0.3, 0.4) is 0 Å². The highest BCUT2D eigenvalue weighted by molar-refractivity contribution is 7.14. The lowest BCUT2D eigenvalue weighted by Crippen LogP contribution is -2.22. The number of carbonyl (C=O) groups excluding carboxylic acids is 1. The van der Waals surface area contributed by atoms with Gasteiger partial charge in [-0.15, -0.1) is 11.3 Å². The third-order valence-corrected chi connectivity index (χ3v) is 7.01. The van der Waals surface area contributed by atoms with Crippen LogP contribution in [0.25, 0.3) is 5.69 Å². The van der Waals surface area contributed by atoms with E-state index < -0.39 is 0 Å². The number of thiophene rings is 1. The van der Waals surface area contributed by atoms with Crippen LogP contribution in [0.15, 0.2) is 41.2 Å². The molecule has 2 aromatic heterocycles. The lowest BCUT2D eigenvalue weighted by atomic mass is 9.87. The Morgan fingerprint density at radius 1 is 1.29 bits per heavy atom. The van der Waals surface area contributed by atoms with Gasteiger partial charge in [0.2, 0.25) is 0 Å². The second-order valence-electron chi connectivity index (χ2n) is 7.47. The van der Waals surface area contributed by atoms with Gasteiger partial charge in [0.15, 0.2) is 0 Å². The quantitative estimate of drug-likeness (QED) is 0.715. The average Bonchev–Trinajstić information content (AvgIpc) is 3.23. The summed E-state index contributed by atoms with van der Waals surface area (Å²) in [6, 6.07) is 11.5. The van der Waals surface area contributed by atoms with Crippen LogP contribution < -0.4 is 10.9 Å². The van der Waals surface area contributed by atoms with Crippen molar-refractivity contribution < 1.29 is 4.79 Å². The molecule has 0 radical (unpaired) electrons. The van der Waals surface area contributed by atoms with Crippen molar-refractivity contribution in [3.63, 3.8) is 0 Å². The SMILES string of the molecule is CC[C@H]1CCc2sc(C(=O)Nc3c(C)n(C)n(-c4ccccc4)c3=O)cc2C1. The topological polar surface area (TPSA) is 56.0 Å². The summed E-state index contributed by atoms with van der Waals surface area (Å²) in [7, 11) is 1.83. The smallest absolute Gasteiger partial charge is 0.295 e. The summed E-state index contributed by atoms with van der Waals surface area (Å²) in [5, 5.41) is 2.88. The number of nitrogens with one attached hydrogen (secondary N) is 1. The Hall–Kier alpha value is -2.60. The maximum atomic E-state index is 13.0. The monoisotopic (exact) mass is 395 g/mol. The standard InChI is InChI=1S/C22H25N3O2S/c1-4-15-10-11-18-16(12-15)13-19(28-18)21(26)23-20-14(2)24(3)25(22(20)27)17-8-6-5-7-9-17/h5-9,13,15H,4,10-12H2,1-3H3,(H,23,26)/t15-/m0/s1. The van der Waals surface area contributed by atoms with E-state index >= 15 is 0 Å². The third kappa shape index (κ3) is 3.22. The minimum atomic E-state index is -0.216. The Bertz CT molecular complexity index is 1080. The molecule has 0 bridgehead atoms. The minimum Gasteiger partial charge on any atom is -0.315 e. The summed E-state index contributed by atoms with van der Waals surface area (Å²) in [5.74, 6) is 0.519. The summed E-state index contributed by atoms with van der Waals surface area (Å²) in [6.45, 7) is 4.08. The molecule has 0 fully saturated rings. The van der Waals surface area contributed by atoms with E-state index in [1.165, 1.54) is 23.3 Å². The van der Waals surface area contributed by atoms with Crippen LogP contribution in [-0.4, -0.2) is 15.3 Å². The molecule has 1 atom stereocenters. The van der Waals surface area contributed by atoms with E-state index in [1.807, 2.05) is 50.4 Å². The number of benzene rings is 1. The van der Waals surface area contributed by atoms with Gasteiger partial charge in [-0.25, -0.2) is 4.68 Å². The Morgan fingerprint density at radius 3 is 2.75 bits per heavy atom. The molecule has 1 amide bonds. The predicted molar refractivity (Wildman–Crippen MR) is 114 cm³/mol. The Balaban J connectivity index is 1.63. The van der Waals surface area contributed by atoms with E-state index in [4.69, 9.17) is 0 Å². The van der Waals surface area contributed by atoms with E-state index in [2.05, 4.69) is 12.2 Å². The summed E-state index contributed by atoms with van der Waals surface area (Å²) < 4.78 is 3.36. The molecule has 1 aromatic carbocycles. The van der Waals surface area contributed by atoms with Gasteiger partial charge in [0, 0.05) is 11.9 Å². The Morgan fingerprint density at radius 2 is 2.04 bits per heavy atom. The van der Waals surface area contributed by atoms with E-state index in [0.29, 0.717) is 16.5 Å². The van der Waals surface area contributed by atoms with Gasteiger partial charge in [-0.3, -0.25) is 14.3 Å². The van der Waals surface area contributed by atoms with Crippen LogP contribution in [0.5, 0.6) is 0 Å². The highest BCUT2D eigenvalue weighted by atomic mass is 32.1. The van der Waals surface area contributed by atoms with Crippen LogP contribution in [0.4, 0.5) is 5.69 Å². The fraction of sp³-hybridized carbons (Fsp3) is 0.364. The molecule has 3 aromatic rings. The number of amides is 1. The molecule has 0 unspecified atom stereocenters. The van der Waals surface area contributed by atoms with Crippen molar-refractivity contribution in [2.24, 2.45) is 13.0 Å². The van der Waals surface area contributed by atoms with Crippen molar-refractivity contribution >= 4 is 22.9 Å². The van der Waals surface area contributed by atoms with Crippen molar-refractivity contribution in [2.45, 2.75) is 39.5 Å². The number of rotatable bonds is 4. The number of hydrogen-bond donors (Lipinski definition) is 1. The first-order valence-electron chi connectivity index (χ1n) is 9.76. The van der Waals surface area contributed by atoms with Crippen molar-refractivity contribution in [2.75, 3.05) is 5.32 Å². The molecule has 1 aliphatic rings. The minimum absolute atomic E-state index is 0.196. The third-order valence-electron chi connectivity index (χ3n) is 5.78. The number of anilines is 1. The number of aryl methyl sites for hydroxylation is 1. The van der Waals surface area contributed by atoms with Crippen LogP contribution in [0.2, 0.25) is 0 Å². The normalized spacial score (nSPS) is 16.0. The summed E-state index contributed by atoms with van der Waals surface area (Å²) in [6.07, 6.45) is 4.49. The van der Waals surface area contributed by atoms with Crippen LogP contribution in [-0.2, 0) is 19.9 Å². The first-order valence-corrected chi connectivity index (χ1v) is 10.6. The number of nitrogens with zero attached hydrogens (tertiary/aromatic N) is 2. The molecule has 28 heavy (non-hydrogen) atoms. The van der Waals surface area contributed by atoms with Crippen LogP contribution in [0, 0.1) is 12.8 Å². The number of aromatic nitrogens is 2. The van der Waals surface area contributed by atoms with Crippen molar-refractivity contribution in [1.29, 1.82) is 0 Å². The lowest BCUT2D eigenvalue weighted by Gasteiger charge is -2.19. The van der Waals surface area contributed by atoms with E-state index in [1.54, 1.807) is 20.7 Å². The molecule has 0 spiro atoms. The fourth-order valence-electron chi connectivity index (χ4n) is 3.95. The second kappa shape index (κ2) is 7.43. The fourth-order valence-corrected chi connectivity index (χ4v) is 5.05. The average molecular weight is 396 g/mol. The molecule has 0 aliphatic heterocycles. The van der Waals surface area contributed by atoms with Gasteiger partial charge in [-0.2, -0.15) is 0 Å². The first kappa shape index (κ1) is 18.7. The zero-order valence-corrected chi connectivity index (χ0v) is 17.3. The van der Waals surface area contributed by atoms with Gasteiger partial charge in [0.25, 0.3) is 11.5 Å². The first-order chi connectivity index (χ1) is 13.5. The van der Waals surface area contributed by atoms with Crippen molar-refractivity contribution in [3.05, 3.63) is 67.8 Å². The summed E-state index contributed by atoms with van der Waals surface area (Å²) in [4.78, 5) is 27.9. The van der Waals surface area contributed by atoms with E-state index in [0.717, 1.165) is 24.2 Å². The zero-order chi connectivity index (χ0) is 19.8. The van der Waals surface area contributed by atoms with Crippen LogP contribution in [0.1, 0.15) is 45.6 Å². The van der Waals surface area contributed by atoms with Gasteiger partial charge in [-0.05, 0) is 55.9 Å². The summed E-state index contributed by atoms with van der Waals surface area (Å²) >= 11 is 1.57. The van der Waals surface area contributed by atoms with Gasteiger partial charge >= 0.3 is 0 Å². The van der Waals surface area contributed by atoms with Gasteiger partial charge < -0.3 is 5.32 Å². The highest BCUT2D eigenvalue weighted by Crippen LogP contribution is 2.33. The molecule has 0 saturated carbocycles. The van der Waals surface area contributed by atoms with Crippen molar-refractivity contribution in [3.8, 4) is 5.69 Å². The molecule has 1 aliphatic carbocycles. The second-order valence-corrected chi connectivity index (χ2v) is 8.60. The molecular weight excluding hydrogens is 370 g/mol.